The molecule has 0 amide bonds. The molecule has 1 N–H and O–H groups in total. The molecule has 3 aromatic heterocycles. The second-order valence-corrected chi connectivity index (χ2v) is 6.67. The molecule has 0 aliphatic rings. The predicted octanol–water partition coefficient (Wildman–Crippen LogP) is 2.92. The van der Waals surface area contributed by atoms with Crippen LogP contribution in [0.15, 0.2) is 47.4 Å². The summed E-state index contributed by atoms with van der Waals surface area (Å²) < 4.78 is 1.35. The highest BCUT2D eigenvalue weighted by molar-refractivity contribution is 7.20. The van der Waals surface area contributed by atoms with E-state index in [1.807, 2.05) is 25.3 Å². The van der Waals surface area contributed by atoms with Crippen molar-refractivity contribution in [1.82, 2.24) is 19.6 Å². The van der Waals surface area contributed by atoms with Crippen LogP contribution >= 0.6 is 11.3 Å². The molecule has 3 heterocycles. The molecule has 126 valence electrons. The molecule has 7 heteroatoms. The second-order valence-electron chi connectivity index (χ2n) is 5.71. The molecule has 0 aliphatic heterocycles. The molecule has 0 bridgehead atoms. The maximum Gasteiger partial charge on any atom is 0.275 e. The number of aromatic nitrogens is 4. The van der Waals surface area contributed by atoms with Crippen molar-refractivity contribution in [3.8, 4) is 0 Å². The smallest absolute Gasteiger partial charge is 0.275 e. The third-order valence-corrected chi connectivity index (χ3v) is 4.91. The van der Waals surface area contributed by atoms with Crippen molar-refractivity contribution in [3.63, 3.8) is 0 Å². The summed E-state index contributed by atoms with van der Waals surface area (Å²) in [6, 6.07) is 11.8. The number of pyridine rings is 1. The second kappa shape index (κ2) is 6.60. The molecular formula is C18H17N5OS. The molecule has 0 spiro atoms. The summed E-state index contributed by atoms with van der Waals surface area (Å²) in [5.41, 5.74) is 2.88. The molecule has 0 aliphatic carbocycles. The van der Waals surface area contributed by atoms with Crippen LogP contribution in [0, 0.1) is 0 Å². The summed E-state index contributed by atoms with van der Waals surface area (Å²) in [7, 11) is 0. The van der Waals surface area contributed by atoms with E-state index in [-0.39, 0.29) is 5.56 Å². The molecule has 4 aromatic rings. The topological polar surface area (TPSA) is 72.2 Å². The van der Waals surface area contributed by atoms with Crippen molar-refractivity contribution in [2.75, 3.05) is 11.9 Å². The number of fused-ring (bicyclic) bond motifs is 2. The lowest BCUT2D eigenvalue weighted by molar-refractivity contribution is 0.872. The van der Waals surface area contributed by atoms with E-state index in [0.29, 0.717) is 16.6 Å². The molecule has 1 aromatic carbocycles. The first-order chi connectivity index (χ1) is 12.2. The van der Waals surface area contributed by atoms with Crippen LogP contribution in [-0.2, 0) is 12.8 Å². The van der Waals surface area contributed by atoms with E-state index in [1.54, 1.807) is 0 Å². The van der Waals surface area contributed by atoms with Gasteiger partial charge in [0.05, 0.1) is 5.52 Å². The fourth-order valence-corrected chi connectivity index (χ4v) is 3.63. The van der Waals surface area contributed by atoms with Gasteiger partial charge < -0.3 is 5.32 Å². The van der Waals surface area contributed by atoms with E-state index in [1.165, 1.54) is 27.5 Å². The Kier molecular flexibility index (Phi) is 4.15. The van der Waals surface area contributed by atoms with Gasteiger partial charge in [-0.3, -0.25) is 9.78 Å². The number of hydrogen-bond donors (Lipinski definition) is 1. The van der Waals surface area contributed by atoms with E-state index >= 15 is 0 Å². The van der Waals surface area contributed by atoms with Crippen molar-refractivity contribution < 1.29 is 0 Å². The van der Waals surface area contributed by atoms with Crippen molar-refractivity contribution in [1.29, 1.82) is 0 Å². The first kappa shape index (κ1) is 15.7. The first-order valence-corrected chi connectivity index (χ1v) is 9.02. The monoisotopic (exact) mass is 351 g/mol. The van der Waals surface area contributed by atoms with Crippen LogP contribution in [0.1, 0.15) is 18.2 Å². The maximum atomic E-state index is 12.0. The van der Waals surface area contributed by atoms with Crippen LogP contribution < -0.4 is 10.9 Å². The van der Waals surface area contributed by atoms with E-state index in [0.717, 1.165) is 29.4 Å². The van der Waals surface area contributed by atoms with Gasteiger partial charge in [0.25, 0.3) is 5.56 Å². The highest BCUT2D eigenvalue weighted by Gasteiger charge is 2.08. The van der Waals surface area contributed by atoms with Crippen molar-refractivity contribution in [2.45, 2.75) is 19.8 Å². The van der Waals surface area contributed by atoms with E-state index in [4.69, 9.17) is 0 Å². The number of nitrogens with one attached hydrogen (secondary N) is 1. The quantitative estimate of drug-likeness (QED) is 0.598. The van der Waals surface area contributed by atoms with Gasteiger partial charge in [-0.2, -0.15) is 4.52 Å². The minimum absolute atomic E-state index is 0.135. The number of benzene rings is 1. The Hall–Kier alpha value is -2.80. The Morgan fingerprint density at radius 2 is 2.12 bits per heavy atom. The maximum absolute atomic E-state index is 12.0. The lowest BCUT2D eigenvalue weighted by Crippen LogP contribution is -2.15. The van der Waals surface area contributed by atoms with Crippen molar-refractivity contribution >= 4 is 32.3 Å². The van der Waals surface area contributed by atoms with Crippen LogP contribution in [0.4, 0.5) is 5.13 Å². The molecule has 25 heavy (non-hydrogen) atoms. The molecule has 0 fully saturated rings. The fraction of sp³-hybridized carbons (Fsp3) is 0.222. The van der Waals surface area contributed by atoms with Crippen LogP contribution in [0.25, 0.3) is 15.9 Å². The Morgan fingerprint density at radius 3 is 3.00 bits per heavy atom. The van der Waals surface area contributed by atoms with E-state index in [2.05, 4.69) is 38.6 Å². The van der Waals surface area contributed by atoms with Gasteiger partial charge >= 0.3 is 0 Å². The molecule has 6 nitrogen and oxygen atoms in total. The standard InChI is InChI=1S/C18H17N5OS/c1-2-14-11-15(24)23-18(21-14)25-17(22-23)20-10-8-13-6-3-5-12-7-4-9-19-16(12)13/h3-7,9,11H,2,8,10H2,1H3,(H,20,22). The molecule has 0 radical (unpaired) electrons. The van der Waals surface area contributed by atoms with Gasteiger partial charge in [0.2, 0.25) is 10.1 Å². The summed E-state index contributed by atoms with van der Waals surface area (Å²) in [6.07, 6.45) is 3.38. The zero-order valence-electron chi connectivity index (χ0n) is 13.8. The van der Waals surface area contributed by atoms with Gasteiger partial charge in [0, 0.05) is 29.9 Å². The van der Waals surface area contributed by atoms with E-state index in [9.17, 15) is 4.79 Å². The number of hydrogen-bond acceptors (Lipinski definition) is 6. The first-order valence-electron chi connectivity index (χ1n) is 8.21. The largest absolute Gasteiger partial charge is 0.360 e. The number of nitrogens with zero attached hydrogens (tertiary/aromatic N) is 4. The highest BCUT2D eigenvalue weighted by Crippen LogP contribution is 2.19. The van der Waals surface area contributed by atoms with E-state index < -0.39 is 0 Å². The number of aryl methyl sites for hydroxylation is 1. The third-order valence-electron chi connectivity index (χ3n) is 4.05. The summed E-state index contributed by atoms with van der Waals surface area (Å²) in [6.45, 7) is 2.70. The fourth-order valence-electron chi connectivity index (χ4n) is 2.78. The Morgan fingerprint density at radius 1 is 1.24 bits per heavy atom. The Balaban J connectivity index is 1.52. The zero-order chi connectivity index (χ0) is 17.2. The molecule has 0 unspecified atom stereocenters. The summed E-state index contributed by atoms with van der Waals surface area (Å²) in [5.74, 6) is 0. The third kappa shape index (κ3) is 3.10. The summed E-state index contributed by atoms with van der Waals surface area (Å²) in [5, 5.41) is 9.45. The minimum atomic E-state index is -0.135. The molecule has 0 saturated heterocycles. The predicted molar refractivity (Wildman–Crippen MR) is 100 cm³/mol. The SMILES string of the molecule is CCc1cc(=O)n2nc(NCCc3cccc4cccnc34)sc2n1. The van der Waals surface area contributed by atoms with Gasteiger partial charge in [0.1, 0.15) is 0 Å². The number of para-hydroxylation sites is 1. The molecule has 0 atom stereocenters. The summed E-state index contributed by atoms with van der Waals surface area (Å²) in [4.78, 5) is 21.6. The Bertz CT molecular complexity index is 1100. The van der Waals surface area contributed by atoms with Crippen LogP contribution in [0.3, 0.4) is 0 Å². The summed E-state index contributed by atoms with van der Waals surface area (Å²) >= 11 is 1.39. The van der Waals surface area contributed by atoms with Gasteiger partial charge in [-0.05, 0) is 24.5 Å². The van der Waals surface area contributed by atoms with Gasteiger partial charge in [-0.15, -0.1) is 5.10 Å². The average molecular weight is 351 g/mol. The average Bonchev–Trinajstić information content (AvgIpc) is 3.05. The lowest BCUT2D eigenvalue weighted by atomic mass is 10.1. The van der Waals surface area contributed by atoms with Gasteiger partial charge in [0.15, 0.2) is 0 Å². The molecule has 0 saturated carbocycles. The lowest BCUT2D eigenvalue weighted by Gasteiger charge is -2.06. The van der Waals surface area contributed by atoms with Gasteiger partial charge in [-0.1, -0.05) is 42.5 Å². The normalized spacial score (nSPS) is 11.2. The minimum Gasteiger partial charge on any atom is -0.360 e. The van der Waals surface area contributed by atoms with Crippen molar-refractivity contribution in [3.05, 3.63) is 64.2 Å². The van der Waals surface area contributed by atoms with Gasteiger partial charge in [-0.25, -0.2) is 4.98 Å². The zero-order valence-corrected chi connectivity index (χ0v) is 14.6. The highest BCUT2D eigenvalue weighted by atomic mass is 32.1. The number of anilines is 1. The van der Waals surface area contributed by atoms with Crippen LogP contribution in [-0.4, -0.2) is 26.1 Å². The molecular weight excluding hydrogens is 334 g/mol. The Labute approximate surface area is 148 Å². The van der Waals surface area contributed by atoms with Crippen LogP contribution in [0.2, 0.25) is 0 Å². The van der Waals surface area contributed by atoms with Crippen molar-refractivity contribution in [2.24, 2.45) is 0 Å². The van der Waals surface area contributed by atoms with Crippen LogP contribution in [0.5, 0.6) is 0 Å². The number of rotatable bonds is 5. The molecule has 4 rings (SSSR count).